The minimum absolute atomic E-state index is 0.214. The van der Waals surface area contributed by atoms with Crippen LogP contribution >= 0.6 is 46.4 Å². The summed E-state index contributed by atoms with van der Waals surface area (Å²) in [6.45, 7) is 3.21. The van der Waals surface area contributed by atoms with Gasteiger partial charge < -0.3 is 10.2 Å². The van der Waals surface area contributed by atoms with Crippen LogP contribution in [0.2, 0.25) is 0 Å². The number of carboxylic acid groups (broad SMARTS) is 2. The van der Waals surface area contributed by atoms with Gasteiger partial charge in [0.05, 0.1) is 0 Å². The first-order valence-electron chi connectivity index (χ1n) is 4.23. The lowest BCUT2D eigenvalue weighted by atomic mass is 10.3. The van der Waals surface area contributed by atoms with Gasteiger partial charge in [0.2, 0.25) is 8.67 Å². The van der Waals surface area contributed by atoms with Gasteiger partial charge in [-0.15, -0.1) is 0 Å². The Balaban J connectivity index is 0. The van der Waals surface area contributed by atoms with E-state index in [0.29, 0.717) is 0 Å². The molecular formula is C8H12Cl4O4. The van der Waals surface area contributed by atoms with Gasteiger partial charge in [-0.3, -0.25) is 0 Å². The van der Waals surface area contributed by atoms with E-state index in [1.165, 1.54) is 0 Å². The number of carbonyl (C=O) groups is 2. The van der Waals surface area contributed by atoms with Gasteiger partial charge in [0.25, 0.3) is 0 Å². The highest BCUT2D eigenvalue weighted by Gasteiger charge is 2.31. The van der Waals surface area contributed by atoms with Crippen molar-refractivity contribution in [3.05, 3.63) is 0 Å². The second-order valence-electron chi connectivity index (χ2n) is 2.73. The summed E-state index contributed by atoms with van der Waals surface area (Å²) in [5, 5.41) is 16.4. The van der Waals surface area contributed by atoms with Crippen molar-refractivity contribution in [1.82, 2.24) is 0 Å². The van der Waals surface area contributed by atoms with Crippen molar-refractivity contribution >= 4 is 58.3 Å². The van der Waals surface area contributed by atoms with Crippen molar-refractivity contribution in [2.45, 2.75) is 35.4 Å². The third-order valence-corrected chi connectivity index (χ3v) is 3.23. The second-order valence-corrected chi connectivity index (χ2v) is 5.69. The lowest BCUT2D eigenvalue weighted by molar-refractivity contribution is -0.138. The van der Waals surface area contributed by atoms with Crippen molar-refractivity contribution in [2.24, 2.45) is 0 Å². The Morgan fingerprint density at radius 3 is 1.06 bits per heavy atom. The predicted molar refractivity (Wildman–Crippen MR) is 64.7 cm³/mol. The molecule has 96 valence electrons. The van der Waals surface area contributed by atoms with Crippen molar-refractivity contribution in [3.63, 3.8) is 0 Å². The SMILES string of the molecule is CCC(Cl)(Cl)C(=O)O.CCC(Cl)(Cl)C(=O)O. The molecule has 0 aromatic rings. The van der Waals surface area contributed by atoms with Crippen molar-refractivity contribution in [3.8, 4) is 0 Å². The number of rotatable bonds is 4. The van der Waals surface area contributed by atoms with E-state index in [0.717, 1.165) is 0 Å². The van der Waals surface area contributed by atoms with E-state index >= 15 is 0 Å². The van der Waals surface area contributed by atoms with E-state index in [4.69, 9.17) is 56.6 Å². The molecule has 0 saturated heterocycles. The second kappa shape index (κ2) is 7.43. The molecule has 2 N–H and O–H groups in total. The molecule has 0 rings (SSSR count). The lowest BCUT2D eigenvalue weighted by Gasteiger charge is -2.08. The molecule has 0 radical (unpaired) electrons. The minimum atomic E-state index is -1.60. The average molecular weight is 314 g/mol. The molecule has 0 spiro atoms. The van der Waals surface area contributed by atoms with Crippen LogP contribution in [-0.2, 0) is 9.59 Å². The van der Waals surface area contributed by atoms with Gasteiger partial charge in [0.1, 0.15) is 0 Å². The maximum atomic E-state index is 9.99. The van der Waals surface area contributed by atoms with Crippen LogP contribution in [-0.4, -0.2) is 30.8 Å². The first kappa shape index (κ1) is 18.5. The number of alkyl halides is 4. The maximum Gasteiger partial charge on any atom is 0.340 e. The number of halogens is 4. The monoisotopic (exact) mass is 312 g/mol. The van der Waals surface area contributed by atoms with Crippen LogP contribution in [0.4, 0.5) is 0 Å². The summed E-state index contributed by atoms with van der Waals surface area (Å²) in [6.07, 6.45) is 0.427. The van der Waals surface area contributed by atoms with E-state index in [9.17, 15) is 9.59 Å². The van der Waals surface area contributed by atoms with Gasteiger partial charge in [-0.2, -0.15) is 0 Å². The largest absolute Gasteiger partial charge is 0.479 e. The summed E-state index contributed by atoms with van der Waals surface area (Å²) < 4.78 is -3.19. The van der Waals surface area contributed by atoms with Gasteiger partial charge >= 0.3 is 11.9 Å². The average Bonchev–Trinajstić information content (AvgIpc) is 2.18. The van der Waals surface area contributed by atoms with Crippen LogP contribution in [0.25, 0.3) is 0 Å². The standard InChI is InChI=1S/2C4H6Cl2O2/c2*1-2-4(5,6)3(7)8/h2*2H2,1H3,(H,7,8). The minimum Gasteiger partial charge on any atom is -0.479 e. The fourth-order valence-electron chi connectivity index (χ4n) is 0.302. The zero-order valence-electron chi connectivity index (χ0n) is 8.64. The smallest absolute Gasteiger partial charge is 0.340 e. The number of carboxylic acids is 2. The van der Waals surface area contributed by atoms with Crippen LogP contribution in [0.5, 0.6) is 0 Å². The summed E-state index contributed by atoms with van der Waals surface area (Å²) >= 11 is 20.9. The summed E-state index contributed by atoms with van der Waals surface area (Å²) in [5.41, 5.74) is 0. The van der Waals surface area contributed by atoms with E-state index in [1.54, 1.807) is 13.8 Å². The molecule has 0 saturated carbocycles. The summed E-state index contributed by atoms with van der Waals surface area (Å²) in [5.74, 6) is -2.38. The third-order valence-electron chi connectivity index (χ3n) is 1.51. The Kier molecular flexibility index (Phi) is 8.58. The first-order chi connectivity index (χ1) is 7.01. The van der Waals surface area contributed by atoms with E-state index in [-0.39, 0.29) is 12.8 Å². The highest BCUT2D eigenvalue weighted by Crippen LogP contribution is 2.24. The molecule has 0 atom stereocenters. The Morgan fingerprint density at radius 2 is 1.06 bits per heavy atom. The van der Waals surface area contributed by atoms with Gasteiger partial charge in [-0.25, -0.2) is 9.59 Å². The van der Waals surface area contributed by atoms with E-state index < -0.39 is 20.6 Å². The van der Waals surface area contributed by atoms with Gasteiger partial charge in [0, 0.05) is 0 Å². The molecule has 0 fully saturated rings. The molecule has 0 aromatic heterocycles. The highest BCUT2D eigenvalue weighted by molar-refractivity contribution is 6.57. The Hall–Kier alpha value is 0.1000. The van der Waals surface area contributed by atoms with Crippen LogP contribution < -0.4 is 0 Å². The maximum absolute atomic E-state index is 9.99. The molecule has 0 aliphatic heterocycles. The topological polar surface area (TPSA) is 74.6 Å². The highest BCUT2D eigenvalue weighted by atomic mass is 35.5. The summed E-state index contributed by atoms with van der Waals surface area (Å²) in [6, 6.07) is 0. The van der Waals surface area contributed by atoms with Crippen molar-refractivity contribution < 1.29 is 19.8 Å². The Labute approximate surface area is 113 Å². The third kappa shape index (κ3) is 7.39. The van der Waals surface area contributed by atoms with Gasteiger partial charge in [0.15, 0.2) is 0 Å². The Morgan fingerprint density at radius 1 is 0.875 bits per heavy atom. The van der Waals surface area contributed by atoms with Crippen LogP contribution in [0.1, 0.15) is 26.7 Å². The molecule has 8 heteroatoms. The normalized spacial score (nSPS) is 11.4. The van der Waals surface area contributed by atoms with Crippen LogP contribution in [0.3, 0.4) is 0 Å². The number of hydrogen-bond donors (Lipinski definition) is 2. The van der Waals surface area contributed by atoms with E-state index in [1.807, 2.05) is 0 Å². The molecule has 16 heavy (non-hydrogen) atoms. The summed E-state index contributed by atoms with van der Waals surface area (Å²) in [7, 11) is 0. The molecule has 0 unspecified atom stereocenters. The summed E-state index contributed by atoms with van der Waals surface area (Å²) in [4.78, 5) is 20.0. The quantitative estimate of drug-likeness (QED) is 0.781. The number of hydrogen-bond acceptors (Lipinski definition) is 2. The molecule has 0 aliphatic carbocycles. The zero-order valence-corrected chi connectivity index (χ0v) is 11.7. The van der Waals surface area contributed by atoms with Crippen molar-refractivity contribution in [1.29, 1.82) is 0 Å². The van der Waals surface area contributed by atoms with Crippen LogP contribution in [0, 0.1) is 0 Å². The van der Waals surface area contributed by atoms with Gasteiger partial charge in [-0.05, 0) is 12.8 Å². The molecule has 0 amide bonds. The fourth-order valence-corrected chi connectivity index (χ4v) is 0.302. The lowest BCUT2D eigenvalue weighted by Crippen LogP contribution is -2.23. The van der Waals surface area contributed by atoms with Crippen LogP contribution in [0.15, 0.2) is 0 Å². The zero-order chi connectivity index (χ0) is 13.6. The van der Waals surface area contributed by atoms with E-state index in [2.05, 4.69) is 0 Å². The van der Waals surface area contributed by atoms with Crippen molar-refractivity contribution in [2.75, 3.05) is 0 Å². The Bertz CT molecular complexity index is 226. The first-order valence-corrected chi connectivity index (χ1v) is 5.74. The predicted octanol–water partition coefficient (Wildman–Crippen LogP) is 3.31. The number of aliphatic carboxylic acids is 2. The molecule has 0 heterocycles. The van der Waals surface area contributed by atoms with Gasteiger partial charge in [-0.1, -0.05) is 60.3 Å². The molecular weight excluding hydrogens is 302 g/mol. The fraction of sp³-hybridized carbons (Fsp3) is 0.750. The molecule has 4 nitrogen and oxygen atoms in total. The molecule has 0 bridgehead atoms. The molecule has 0 aliphatic rings. The molecule has 0 aromatic carbocycles.